The first-order valence-electron chi connectivity index (χ1n) is 12.6. The molecule has 0 radical (unpaired) electrons. The van der Waals surface area contributed by atoms with E-state index in [-0.39, 0.29) is 0 Å². The van der Waals surface area contributed by atoms with Gasteiger partial charge in [0.05, 0.1) is 25.4 Å². The second kappa shape index (κ2) is 9.51. The lowest BCUT2D eigenvalue weighted by atomic mass is 9.61. The highest BCUT2D eigenvalue weighted by Gasteiger charge is 2.50. The predicted molar refractivity (Wildman–Crippen MR) is 126 cm³/mol. The zero-order chi connectivity index (χ0) is 22.2. The van der Waals surface area contributed by atoms with Crippen molar-refractivity contribution in [3.63, 3.8) is 0 Å². The lowest BCUT2D eigenvalue weighted by Crippen LogP contribution is -2.47. The van der Waals surface area contributed by atoms with Crippen LogP contribution in [0.25, 0.3) is 0 Å². The maximum atomic E-state index is 10.2. The van der Waals surface area contributed by atoms with E-state index in [1.54, 1.807) is 5.57 Å². The molecule has 4 fully saturated rings. The first kappa shape index (κ1) is 23.2. The van der Waals surface area contributed by atoms with Crippen LogP contribution >= 0.6 is 0 Å². The zero-order valence-electron chi connectivity index (χ0n) is 19.9. The Bertz CT molecular complexity index is 728. The number of morpholine rings is 1. The normalized spacial score (nSPS) is 43.4. The van der Waals surface area contributed by atoms with Crippen LogP contribution in [0.5, 0.6) is 0 Å². The third kappa shape index (κ3) is 4.73. The highest BCUT2D eigenvalue weighted by molar-refractivity contribution is 5.38. The third-order valence-electron chi connectivity index (χ3n) is 9.02. The summed E-state index contributed by atoms with van der Waals surface area (Å²) in [6.07, 6.45) is 10.9. The fraction of sp³-hybridized carbons (Fsp3) is 0.778. The van der Waals surface area contributed by atoms with Gasteiger partial charge in [-0.25, -0.2) is 0 Å². The van der Waals surface area contributed by atoms with Crippen LogP contribution in [0.1, 0.15) is 65.7 Å². The Morgan fingerprint density at radius 1 is 1.29 bits per heavy atom. The number of fused-ring (bicyclic) bond motifs is 1. The predicted octanol–water partition coefficient (Wildman–Crippen LogP) is 4.48. The van der Waals surface area contributed by atoms with Crippen LogP contribution < -0.4 is 0 Å². The molecule has 1 unspecified atom stereocenters. The first-order valence-corrected chi connectivity index (χ1v) is 12.6. The second-order valence-corrected chi connectivity index (χ2v) is 11.1. The van der Waals surface area contributed by atoms with Gasteiger partial charge in [-0.2, -0.15) is 0 Å². The quantitative estimate of drug-likeness (QED) is 0.692. The fourth-order valence-corrected chi connectivity index (χ4v) is 7.21. The Kier molecular flexibility index (Phi) is 7.12. The van der Waals surface area contributed by atoms with Crippen molar-refractivity contribution in [1.29, 1.82) is 0 Å². The van der Waals surface area contributed by atoms with Crippen molar-refractivity contribution in [3.8, 4) is 0 Å². The molecule has 4 heteroatoms. The summed E-state index contributed by atoms with van der Waals surface area (Å²) < 4.78 is 5.64. The Balaban J connectivity index is 1.48. The number of nitrogens with zero attached hydrogens (tertiary/aromatic N) is 1. The average Bonchev–Trinajstić information content (AvgIpc) is 3.09. The Labute approximate surface area is 189 Å². The molecule has 0 spiro atoms. The summed E-state index contributed by atoms with van der Waals surface area (Å²) in [5.74, 6) is 2.15. The minimum atomic E-state index is -0.607. The van der Waals surface area contributed by atoms with Crippen LogP contribution in [0.2, 0.25) is 0 Å². The van der Waals surface area contributed by atoms with Gasteiger partial charge in [0, 0.05) is 25.6 Å². The lowest BCUT2D eigenvalue weighted by Gasteiger charge is -2.46. The molecule has 0 bridgehead atoms. The number of rotatable bonds is 4. The fourth-order valence-electron chi connectivity index (χ4n) is 7.21. The number of hydrogen-bond donors (Lipinski definition) is 2. The van der Waals surface area contributed by atoms with Gasteiger partial charge in [0.15, 0.2) is 0 Å². The minimum absolute atomic E-state index is 0.389. The number of allylic oxidation sites excluding steroid dienone is 3. The Morgan fingerprint density at radius 3 is 2.87 bits per heavy atom. The summed E-state index contributed by atoms with van der Waals surface area (Å²) in [6.45, 7) is 15.4. The van der Waals surface area contributed by atoms with Crippen LogP contribution in [-0.4, -0.2) is 59.7 Å². The highest BCUT2D eigenvalue weighted by Crippen LogP contribution is 2.59. The third-order valence-corrected chi connectivity index (χ3v) is 9.02. The monoisotopic (exact) mass is 429 g/mol. The standard InChI is InChI=1S/C27H43NO3/c1-18(16-28-12-13-31-17-19(28)2)24-9-10-25-21(6-5-11-27(24,25)4)7-8-22-14-23(29)15-26(30)20(22)3/h7-8,18-19,23-26,29-30H,3,5-6,9-17H2,1-2,4H3/b21-7+,22-8-/t18?,19-,23-,24-,25+,26-,27-/m1/s1. The van der Waals surface area contributed by atoms with E-state index >= 15 is 0 Å². The van der Waals surface area contributed by atoms with Crippen LogP contribution in [0, 0.1) is 23.2 Å². The van der Waals surface area contributed by atoms with Gasteiger partial charge in [-0.3, -0.25) is 4.90 Å². The number of hydrogen-bond acceptors (Lipinski definition) is 4. The number of aliphatic hydroxyl groups excluding tert-OH is 2. The van der Waals surface area contributed by atoms with Crippen molar-refractivity contribution in [3.05, 3.63) is 35.5 Å². The van der Waals surface area contributed by atoms with E-state index in [9.17, 15) is 10.2 Å². The minimum Gasteiger partial charge on any atom is -0.393 e. The van der Waals surface area contributed by atoms with Crippen LogP contribution in [0.3, 0.4) is 0 Å². The summed E-state index contributed by atoms with van der Waals surface area (Å²) in [5, 5.41) is 20.2. The van der Waals surface area contributed by atoms with Gasteiger partial charge in [0.25, 0.3) is 0 Å². The molecule has 4 nitrogen and oxygen atoms in total. The SMILES string of the molecule is C=C1/C(=C\C=C2/CCC[C@]3(C)[C@@H](C(C)CN4CCOC[C@H]4C)CC[C@@H]23)C[C@@H](O)C[C@H]1O. The lowest BCUT2D eigenvalue weighted by molar-refractivity contribution is -0.0176. The zero-order valence-corrected chi connectivity index (χ0v) is 19.9. The molecule has 1 aliphatic heterocycles. The van der Waals surface area contributed by atoms with Crippen LogP contribution in [0.15, 0.2) is 35.5 Å². The maximum absolute atomic E-state index is 10.2. The van der Waals surface area contributed by atoms with E-state index in [0.29, 0.717) is 36.1 Å². The van der Waals surface area contributed by atoms with E-state index in [0.717, 1.165) is 36.8 Å². The molecule has 0 aromatic rings. The van der Waals surface area contributed by atoms with Gasteiger partial charge in [0.1, 0.15) is 0 Å². The van der Waals surface area contributed by atoms with Crippen molar-refractivity contribution in [2.24, 2.45) is 23.2 Å². The van der Waals surface area contributed by atoms with E-state index in [1.807, 2.05) is 0 Å². The second-order valence-electron chi connectivity index (χ2n) is 11.1. The molecule has 7 atom stereocenters. The van der Waals surface area contributed by atoms with Crippen molar-refractivity contribution in [2.75, 3.05) is 26.3 Å². The molecule has 1 heterocycles. The van der Waals surface area contributed by atoms with Gasteiger partial charge >= 0.3 is 0 Å². The van der Waals surface area contributed by atoms with Crippen LogP contribution in [0.4, 0.5) is 0 Å². The molecule has 3 aliphatic carbocycles. The maximum Gasteiger partial charge on any atom is 0.0811 e. The Morgan fingerprint density at radius 2 is 2.10 bits per heavy atom. The molecule has 4 rings (SSSR count). The average molecular weight is 430 g/mol. The molecule has 174 valence electrons. The van der Waals surface area contributed by atoms with Crippen molar-refractivity contribution in [1.82, 2.24) is 4.90 Å². The smallest absolute Gasteiger partial charge is 0.0811 e. The van der Waals surface area contributed by atoms with E-state index in [1.165, 1.54) is 38.6 Å². The summed E-state index contributed by atoms with van der Waals surface area (Å²) in [7, 11) is 0. The number of aliphatic hydroxyl groups is 2. The van der Waals surface area contributed by atoms with E-state index in [4.69, 9.17) is 4.74 Å². The molecule has 0 amide bonds. The largest absolute Gasteiger partial charge is 0.393 e. The molecule has 4 aliphatic rings. The van der Waals surface area contributed by atoms with Gasteiger partial charge < -0.3 is 14.9 Å². The molecule has 31 heavy (non-hydrogen) atoms. The Hall–Kier alpha value is -0.940. The van der Waals surface area contributed by atoms with Gasteiger partial charge in [-0.05, 0) is 79.8 Å². The molecule has 1 saturated heterocycles. The van der Waals surface area contributed by atoms with Crippen molar-refractivity contribution >= 4 is 0 Å². The molecular weight excluding hydrogens is 386 g/mol. The van der Waals surface area contributed by atoms with E-state index in [2.05, 4.69) is 44.4 Å². The van der Waals surface area contributed by atoms with Crippen LogP contribution in [-0.2, 0) is 4.74 Å². The van der Waals surface area contributed by atoms with Gasteiger partial charge in [-0.1, -0.05) is 38.2 Å². The summed E-state index contributed by atoms with van der Waals surface area (Å²) in [4.78, 5) is 2.64. The molecule has 2 N–H and O–H groups in total. The summed E-state index contributed by atoms with van der Waals surface area (Å²) >= 11 is 0. The molecular formula is C27H43NO3. The van der Waals surface area contributed by atoms with Crippen molar-refractivity contribution in [2.45, 2.75) is 84.0 Å². The van der Waals surface area contributed by atoms with Crippen molar-refractivity contribution < 1.29 is 14.9 Å². The highest BCUT2D eigenvalue weighted by atomic mass is 16.5. The molecule has 0 aromatic carbocycles. The molecule has 3 saturated carbocycles. The first-order chi connectivity index (χ1) is 14.8. The van der Waals surface area contributed by atoms with E-state index < -0.39 is 12.2 Å². The summed E-state index contributed by atoms with van der Waals surface area (Å²) in [5.41, 5.74) is 3.78. The van der Waals surface area contributed by atoms with Gasteiger partial charge in [-0.15, -0.1) is 0 Å². The summed E-state index contributed by atoms with van der Waals surface area (Å²) in [6, 6.07) is 0.531. The van der Waals surface area contributed by atoms with Gasteiger partial charge in [0.2, 0.25) is 0 Å². The number of ether oxygens (including phenoxy) is 1. The molecule has 0 aromatic heterocycles. The topological polar surface area (TPSA) is 52.9 Å².